The molecule has 0 radical (unpaired) electrons. The second kappa shape index (κ2) is 10.6. The van der Waals surface area contributed by atoms with Crippen LogP contribution in [0.1, 0.15) is 22.8 Å². The van der Waals surface area contributed by atoms with E-state index < -0.39 is 11.8 Å². The van der Waals surface area contributed by atoms with Gasteiger partial charge in [-0.15, -0.1) is 0 Å². The first-order chi connectivity index (χ1) is 17.0. The Morgan fingerprint density at radius 1 is 1.09 bits per heavy atom. The molecule has 6 nitrogen and oxygen atoms in total. The largest absolute Gasteiger partial charge is 0.497 e. The number of carbonyl (C=O) groups is 1. The summed E-state index contributed by atoms with van der Waals surface area (Å²) in [7, 11) is 3.10. The van der Waals surface area contributed by atoms with Crippen LogP contribution in [0, 0.1) is 5.82 Å². The number of pyridine rings is 1. The predicted octanol–water partition coefficient (Wildman–Crippen LogP) is 6.50. The van der Waals surface area contributed by atoms with Crippen molar-refractivity contribution >= 4 is 34.0 Å². The minimum Gasteiger partial charge on any atom is -0.497 e. The van der Waals surface area contributed by atoms with Gasteiger partial charge in [-0.3, -0.25) is 4.98 Å². The Bertz CT molecular complexity index is 1390. The number of aromatic nitrogens is 1. The van der Waals surface area contributed by atoms with Crippen molar-refractivity contribution in [3.63, 3.8) is 0 Å². The fraction of sp³-hybridized carbons (Fsp3) is 0.185. The van der Waals surface area contributed by atoms with Crippen molar-refractivity contribution in [1.82, 2.24) is 4.98 Å². The van der Waals surface area contributed by atoms with Crippen molar-refractivity contribution in [2.45, 2.75) is 13.5 Å². The topological polar surface area (TPSA) is 69.7 Å². The lowest BCUT2D eigenvalue weighted by atomic mass is 10.00. The van der Waals surface area contributed by atoms with Gasteiger partial charge in [-0.2, -0.15) is 0 Å². The molecule has 35 heavy (non-hydrogen) atoms. The molecular formula is C27H24ClFN2O4. The molecule has 0 saturated heterocycles. The Balaban J connectivity index is 1.82. The van der Waals surface area contributed by atoms with E-state index in [2.05, 4.69) is 10.3 Å². The number of anilines is 1. The SMILES string of the molecule is CCOC(=O)c1cnc(-c2cccc3cccc(Cl)c23)c(F)c1NCc1ccc(OC)cc1OC. The van der Waals surface area contributed by atoms with Crippen molar-refractivity contribution in [2.75, 3.05) is 26.1 Å². The molecule has 4 rings (SSSR count). The number of nitrogens with one attached hydrogen (secondary N) is 1. The Labute approximate surface area is 207 Å². The van der Waals surface area contributed by atoms with Gasteiger partial charge in [0, 0.05) is 40.3 Å². The zero-order valence-corrected chi connectivity index (χ0v) is 20.3. The van der Waals surface area contributed by atoms with Crippen LogP contribution in [0.25, 0.3) is 22.0 Å². The highest BCUT2D eigenvalue weighted by Gasteiger charge is 2.23. The second-order valence-electron chi connectivity index (χ2n) is 7.60. The number of hydrogen-bond acceptors (Lipinski definition) is 6. The summed E-state index contributed by atoms with van der Waals surface area (Å²) in [5.74, 6) is -0.172. The van der Waals surface area contributed by atoms with Crippen LogP contribution in [0.4, 0.5) is 10.1 Å². The third kappa shape index (κ3) is 4.86. The number of esters is 1. The predicted molar refractivity (Wildman–Crippen MR) is 135 cm³/mol. The number of fused-ring (bicyclic) bond motifs is 1. The van der Waals surface area contributed by atoms with Crippen LogP contribution in [0.3, 0.4) is 0 Å². The zero-order valence-electron chi connectivity index (χ0n) is 19.5. The molecule has 4 aromatic rings. The number of methoxy groups -OCH3 is 2. The first-order valence-electron chi connectivity index (χ1n) is 11.0. The summed E-state index contributed by atoms with van der Waals surface area (Å²) < 4.78 is 31.9. The summed E-state index contributed by atoms with van der Waals surface area (Å²) in [6.07, 6.45) is 1.32. The summed E-state index contributed by atoms with van der Waals surface area (Å²) in [6, 6.07) is 16.2. The number of halogens is 2. The standard InChI is InChI=1S/C27H24ClFN2O4/c1-4-35-27(32)20-15-31-25(19-9-5-7-16-8-6-10-21(28)23(16)19)24(29)26(20)30-14-17-11-12-18(33-2)13-22(17)34-3/h5-13,15H,4,14H2,1-3H3,(H,30,31). The first kappa shape index (κ1) is 24.3. The Kier molecular flexibility index (Phi) is 7.36. The van der Waals surface area contributed by atoms with Crippen LogP contribution in [0.5, 0.6) is 11.5 Å². The maximum absolute atomic E-state index is 16.1. The third-order valence-corrected chi connectivity index (χ3v) is 5.89. The Hall–Kier alpha value is -3.84. The summed E-state index contributed by atoms with van der Waals surface area (Å²) >= 11 is 6.46. The van der Waals surface area contributed by atoms with Gasteiger partial charge in [-0.1, -0.05) is 41.9 Å². The maximum atomic E-state index is 16.1. The molecule has 0 atom stereocenters. The normalized spacial score (nSPS) is 10.8. The molecular weight excluding hydrogens is 471 g/mol. The van der Waals surface area contributed by atoms with Gasteiger partial charge in [0.2, 0.25) is 0 Å². The van der Waals surface area contributed by atoms with Gasteiger partial charge < -0.3 is 19.5 Å². The zero-order chi connectivity index (χ0) is 24.9. The fourth-order valence-electron chi connectivity index (χ4n) is 3.89. The molecule has 180 valence electrons. The summed E-state index contributed by atoms with van der Waals surface area (Å²) in [5.41, 5.74) is 1.31. The lowest BCUT2D eigenvalue weighted by molar-refractivity contribution is 0.0526. The van der Waals surface area contributed by atoms with Gasteiger partial charge in [0.25, 0.3) is 0 Å². The number of hydrogen-bond donors (Lipinski definition) is 1. The quantitative estimate of drug-likeness (QED) is 0.282. The van der Waals surface area contributed by atoms with E-state index >= 15 is 4.39 Å². The van der Waals surface area contributed by atoms with E-state index in [1.165, 1.54) is 13.3 Å². The highest BCUT2D eigenvalue weighted by Crippen LogP contribution is 2.37. The smallest absolute Gasteiger partial charge is 0.341 e. The molecule has 0 unspecified atom stereocenters. The van der Waals surface area contributed by atoms with Gasteiger partial charge >= 0.3 is 5.97 Å². The van der Waals surface area contributed by atoms with E-state index in [9.17, 15) is 4.79 Å². The van der Waals surface area contributed by atoms with Gasteiger partial charge in [0.1, 0.15) is 22.8 Å². The van der Waals surface area contributed by atoms with Gasteiger partial charge in [-0.25, -0.2) is 9.18 Å². The molecule has 0 aliphatic carbocycles. The molecule has 0 fully saturated rings. The lowest BCUT2D eigenvalue weighted by Gasteiger charge is -2.17. The molecule has 0 spiro atoms. The molecule has 0 bridgehead atoms. The van der Waals surface area contributed by atoms with Crippen LogP contribution in [0.2, 0.25) is 5.02 Å². The third-order valence-electron chi connectivity index (χ3n) is 5.57. The van der Waals surface area contributed by atoms with E-state index in [0.717, 1.165) is 10.9 Å². The van der Waals surface area contributed by atoms with Crippen molar-refractivity contribution in [1.29, 1.82) is 0 Å². The number of nitrogens with zero attached hydrogens (tertiary/aromatic N) is 1. The highest BCUT2D eigenvalue weighted by atomic mass is 35.5. The summed E-state index contributed by atoms with van der Waals surface area (Å²) in [5, 5.41) is 5.06. The molecule has 1 N–H and O–H groups in total. The molecule has 1 aromatic heterocycles. The number of carbonyl (C=O) groups excluding carboxylic acids is 1. The average Bonchev–Trinajstić information content (AvgIpc) is 2.87. The summed E-state index contributed by atoms with van der Waals surface area (Å²) in [4.78, 5) is 16.9. The molecule has 0 aliphatic rings. The summed E-state index contributed by atoms with van der Waals surface area (Å²) in [6.45, 7) is 2.01. The molecule has 0 amide bonds. The van der Waals surface area contributed by atoms with Crippen LogP contribution in [-0.2, 0) is 11.3 Å². The van der Waals surface area contributed by atoms with E-state index in [1.807, 2.05) is 24.3 Å². The van der Waals surface area contributed by atoms with E-state index in [-0.39, 0.29) is 30.1 Å². The molecule has 1 heterocycles. The van der Waals surface area contributed by atoms with E-state index in [4.69, 9.17) is 25.8 Å². The van der Waals surface area contributed by atoms with Crippen LogP contribution < -0.4 is 14.8 Å². The van der Waals surface area contributed by atoms with Gasteiger partial charge in [-0.05, 0) is 30.5 Å². The fourth-order valence-corrected chi connectivity index (χ4v) is 4.17. The minimum atomic E-state index is -0.685. The molecule has 8 heteroatoms. The van der Waals surface area contributed by atoms with Crippen LogP contribution in [0.15, 0.2) is 60.8 Å². The van der Waals surface area contributed by atoms with Crippen molar-refractivity contribution in [3.05, 3.63) is 82.8 Å². The van der Waals surface area contributed by atoms with E-state index in [1.54, 1.807) is 44.4 Å². The Morgan fingerprint density at radius 2 is 1.86 bits per heavy atom. The van der Waals surface area contributed by atoms with Gasteiger partial charge in [0.05, 0.1) is 26.5 Å². The molecule has 3 aromatic carbocycles. The van der Waals surface area contributed by atoms with Crippen LogP contribution in [-0.4, -0.2) is 31.8 Å². The minimum absolute atomic E-state index is 0.00749. The monoisotopic (exact) mass is 494 g/mol. The number of benzene rings is 3. The van der Waals surface area contributed by atoms with Gasteiger partial charge in [0.15, 0.2) is 5.82 Å². The van der Waals surface area contributed by atoms with E-state index in [0.29, 0.717) is 27.5 Å². The first-order valence-corrected chi connectivity index (χ1v) is 11.3. The molecule has 0 saturated carbocycles. The number of rotatable bonds is 8. The second-order valence-corrected chi connectivity index (χ2v) is 8.01. The Morgan fingerprint density at radius 3 is 2.57 bits per heavy atom. The molecule has 0 aliphatic heterocycles. The maximum Gasteiger partial charge on any atom is 0.341 e. The average molecular weight is 495 g/mol. The van der Waals surface area contributed by atoms with Crippen molar-refractivity contribution in [3.8, 4) is 22.8 Å². The number of ether oxygens (including phenoxy) is 3. The lowest BCUT2D eigenvalue weighted by Crippen LogP contribution is -2.13. The highest BCUT2D eigenvalue weighted by molar-refractivity contribution is 6.36. The van der Waals surface area contributed by atoms with Crippen LogP contribution >= 0.6 is 11.6 Å². The van der Waals surface area contributed by atoms with Crippen molar-refractivity contribution < 1.29 is 23.4 Å². The van der Waals surface area contributed by atoms with Crippen molar-refractivity contribution in [2.24, 2.45) is 0 Å².